The molecular formula is C18H19N5O4S2. The van der Waals surface area contributed by atoms with E-state index in [4.69, 9.17) is 4.74 Å². The molecule has 0 aliphatic heterocycles. The van der Waals surface area contributed by atoms with Crippen molar-refractivity contribution in [2.24, 2.45) is 0 Å². The number of methoxy groups -OCH3 is 1. The maximum atomic E-state index is 12.4. The Morgan fingerprint density at radius 2 is 1.90 bits per heavy atom. The predicted molar refractivity (Wildman–Crippen MR) is 109 cm³/mol. The number of benzene rings is 1. The Kier molecular flexibility index (Phi) is 6.64. The molecule has 0 saturated heterocycles. The van der Waals surface area contributed by atoms with Crippen LogP contribution in [0.2, 0.25) is 0 Å². The van der Waals surface area contributed by atoms with Crippen molar-refractivity contribution in [1.29, 1.82) is 0 Å². The van der Waals surface area contributed by atoms with Crippen LogP contribution >= 0.6 is 11.3 Å². The van der Waals surface area contributed by atoms with Crippen LogP contribution in [0.3, 0.4) is 0 Å². The maximum Gasteiger partial charge on any atom is 0.275 e. The smallest absolute Gasteiger partial charge is 0.275 e. The van der Waals surface area contributed by atoms with Crippen molar-refractivity contribution in [2.45, 2.75) is 17.9 Å². The number of hydrogen-bond donors (Lipinski definition) is 2. The van der Waals surface area contributed by atoms with Crippen LogP contribution < -0.4 is 10.0 Å². The van der Waals surface area contributed by atoms with Gasteiger partial charge >= 0.3 is 0 Å². The van der Waals surface area contributed by atoms with Crippen molar-refractivity contribution in [2.75, 3.05) is 19.0 Å². The van der Waals surface area contributed by atoms with Crippen molar-refractivity contribution in [3.8, 4) is 10.8 Å². The van der Waals surface area contributed by atoms with E-state index in [9.17, 15) is 13.2 Å². The summed E-state index contributed by atoms with van der Waals surface area (Å²) in [4.78, 5) is 25.0. The van der Waals surface area contributed by atoms with E-state index >= 15 is 0 Å². The minimum Gasteiger partial charge on any atom is -0.383 e. The van der Waals surface area contributed by atoms with Gasteiger partial charge in [-0.05, 0) is 37.3 Å². The zero-order valence-electron chi connectivity index (χ0n) is 15.7. The molecule has 0 aliphatic carbocycles. The molecule has 11 heteroatoms. The van der Waals surface area contributed by atoms with Crippen LogP contribution in [0.4, 0.5) is 5.69 Å². The van der Waals surface area contributed by atoms with E-state index in [0.717, 1.165) is 0 Å². The van der Waals surface area contributed by atoms with Gasteiger partial charge in [0, 0.05) is 36.6 Å². The quantitative estimate of drug-likeness (QED) is 0.558. The molecule has 2 N–H and O–H groups in total. The van der Waals surface area contributed by atoms with Crippen LogP contribution in [0, 0.1) is 0 Å². The van der Waals surface area contributed by atoms with Gasteiger partial charge < -0.3 is 10.1 Å². The number of nitrogens with one attached hydrogen (secondary N) is 2. The van der Waals surface area contributed by atoms with Crippen LogP contribution in [-0.2, 0) is 14.8 Å². The highest BCUT2D eigenvalue weighted by Gasteiger charge is 2.18. The number of amides is 1. The van der Waals surface area contributed by atoms with Gasteiger partial charge in [0.2, 0.25) is 10.0 Å². The fourth-order valence-electron chi connectivity index (χ4n) is 2.42. The number of anilines is 1. The molecule has 0 bridgehead atoms. The summed E-state index contributed by atoms with van der Waals surface area (Å²) in [6.45, 7) is 1.97. The number of carbonyl (C=O) groups excluding carboxylic acids is 1. The predicted octanol–water partition coefficient (Wildman–Crippen LogP) is 2.17. The summed E-state index contributed by atoms with van der Waals surface area (Å²) in [7, 11) is -2.17. The maximum absolute atomic E-state index is 12.4. The molecule has 1 amide bonds. The molecule has 0 aliphatic rings. The standard InChI is InChI=1S/C18H19N5O4S2/c1-12(10-27-2)23-29(25,26)14-6-4-13(5-7-14)21-17(24)15-11-28-18(22-15)16-19-8-3-9-20-16/h3-9,11-12,23H,10H2,1-2H3,(H,21,24). The van der Waals surface area contributed by atoms with Crippen molar-refractivity contribution < 1.29 is 17.9 Å². The third kappa shape index (κ3) is 5.41. The number of ether oxygens (including phenoxy) is 1. The number of sulfonamides is 1. The second-order valence-electron chi connectivity index (χ2n) is 6.07. The van der Waals surface area contributed by atoms with E-state index in [1.54, 1.807) is 30.8 Å². The molecule has 0 radical (unpaired) electrons. The summed E-state index contributed by atoms with van der Waals surface area (Å²) in [6, 6.07) is 7.20. The van der Waals surface area contributed by atoms with E-state index in [1.807, 2.05) is 0 Å². The second-order valence-corrected chi connectivity index (χ2v) is 8.64. The lowest BCUT2D eigenvalue weighted by Gasteiger charge is -2.13. The van der Waals surface area contributed by atoms with Gasteiger partial charge in [-0.2, -0.15) is 0 Å². The first-order chi connectivity index (χ1) is 13.9. The van der Waals surface area contributed by atoms with Crippen molar-refractivity contribution in [3.63, 3.8) is 0 Å². The summed E-state index contributed by atoms with van der Waals surface area (Å²) in [5.74, 6) is 0.0344. The average molecular weight is 434 g/mol. The largest absolute Gasteiger partial charge is 0.383 e. The monoisotopic (exact) mass is 433 g/mol. The molecule has 9 nitrogen and oxygen atoms in total. The Balaban J connectivity index is 1.67. The van der Waals surface area contributed by atoms with Gasteiger partial charge in [0.05, 0.1) is 11.5 Å². The van der Waals surface area contributed by atoms with Crippen molar-refractivity contribution >= 4 is 33.0 Å². The zero-order chi connectivity index (χ0) is 20.9. The zero-order valence-corrected chi connectivity index (χ0v) is 17.3. The molecule has 0 spiro atoms. The van der Waals surface area contributed by atoms with Crippen LogP contribution in [0.15, 0.2) is 53.0 Å². The number of rotatable bonds is 8. The summed E-state index contributed by atoms with van der Waals surface area (Å²) < 4.78 is 32.1. The minimum atomic E-state index is -3.67. The number of hydrogen-bond acceptors (Lipinski definition) is 8. The van der Waals surface area contributed by atoms with E-state index in [2.05, 4.69) is 25.0 Å². The van der Waals surface area contributed by atoms with Crippen LogP contribution in [0.1, 0.15) is 17.4 Å². The Morgan fingerprint density at radius 1 is 1.21 bits per heavy atom. The number of aromatic nitrogens is 3. The molecule has 2 heterocycles. The molecule has 152 valence electrons. The van der Waals surface area contributed by atoms with E-state index in [1.165, 1.54) is 42.7 Å². The third-order valence-corrected chi connectivity index (χ3v) is 6.13. The number of carbonyl (C=O) groups is 1. The third-order valence-electron chi connectivity index (χ3n) is 3.69. The second kappa shape index (κ2) is 9.18. The van der Waals surface area contributed by atoms with Gasteiger partial charge in [0.15, 0.2) is 10.8 Å². The Morgan fingerprint density at radius 3 is 2.55 bits per heavy atom. The molecule has 3 rings (SSSR count). The van der Waals surface area contributed by atoms with E-state index in [0.29, 0.717) is 16.5 Å². The topological polar surface area (TPSA) is 123 Å². The van der Waals surface area contributed by atoms with E-state index in [-0.39, 0.29) is 23.2 Å². The highest BCUT2D eigenvalue weighted by Crippen LogP contribution is 2.21. The highest BCUT2D eigenvalue weighted by molar-refractivity contribution is 7.89. The van der Waals surface area contributed by atoms with Crippen molar-refractivity contribution in [1.82, 2.24) is 19.7 Å². The minimum absolute atomic E-state index is 0.0932. The summed E-state index contributed by atoms with van der Waals surface area (Å²) in [5, 5.41) is 4.84. The summed E-state index contributed by atoms with van der Waals surface area (Å²) >= 11 is 1.26. The van der Waals surface area contributed by atoms with Gasteiger partial charge in [-0.3, -0.25) is 4.79 Å². The van der Waals surface area contributed by atoms with Gasteiger partial charge in [-0.15, -0.1) is 11.3 Å². The van der Waals surface area contributed by atoms with Crippen LogP contribution in [-0.4, -0.2) is 49.0 Å². The lowest BCUT2D eigenvalue weighted by Crippen LogP contribution is -2.35. The average Bonchev–Trinajstić information content (AvgIpc) is 3.19. The number of nitrogens with zero attached hydrogens (tertiary/aromatic N) is 3. The molecule has 1 atom stereocenters. The number of thiazole rings is 1. The Labute approximate surface area is 172 Å². The van der Waals surface area contributed by atoms with Gasteiger partial charge in [-0.25, -0.2) is 28.1 Å². The van der Waals surface area contributed by atoms with Crippen LogP contribution in [0.5, 0.6) is 0 Å². The molecule has 29 heavy (non-hydrogen) atoms. The van der Waals surface area contributed by atoms with Gasteiger partial charge in [0.1, 0.15) is 5.69 Å². The Hall–Kier alpha value is -2.73. The SMILES string of the molecule is COCC(C)NS(=O)(=O)c1ccc(NC(=O)c2csc(-c3ncccn3)n2)cc1. The first kappa shape index (κ1) is 21.0. The molecule has 1 aromatic carbocycles. The van der Waals surface area contributed by atoms with Gasteiger partial charge in [0.25, 0.3) is 5.91 Å². The highest BCUT2D eigenvalue weighted by atomic mass is 32.2. The lowest BCUT2D eigenvalue weighted by atomic mass is 10.3. The summed E-state index contributed by atoms with van der Waals surface area (Å²) in [5.41, 5.74) is 0.675. The summed E-state index contributed by atoms with van der Waals surface area (Å²) in [6.07, 6.45) is 3.20. The fourth-order valence-corrected chi connectivity index (χ4v) is 4.39. The molecule has 0 saturated carbocycles. The molecule has 3 aromatic rings. The molecular weight excluding hydrogens is 414 g/mol. The molecule has 1 unspecified atom stereocenters. The molecule has 2 aromatic heterocycles. The Bertz CT molecular complexity index is 1070. The normalized spacial score (nSPS) is 12.5. The first-order valence-corrected chi connectivity index (χ1v) is 10.9. The van der Waals surface area contributed by atoms with Gasteiger partial charge in [-0.1, -0.05) is 0 Å². The van der Waals surface area contributed by atoms with E-state index < -0.39 is 15.9 Å². The first-order valence-electron chi connectivity index (χ1n) is 8.54. The van der Waals surface area contributed by atoms with Crippen LogP contribution in [0.25, 0.3) is 10.8 Å². The lowest BCUT2D eigenvalue weighted by molar-refractivity contribution is 0.102. The molecule has 0 fully saturated rings. The van der Waals surface area contributed by atoms with Crippen molar-refractivity contribution in [3.05, 3.63) is 53.8 Å². The fraction of sp³-hybridized carbons (Fsp3) is 0.222.